The number of ether oxygens (including phenoxy) is 2. The van der Waals surface area contributed by atoms with Crippen molar-refractivity contribution in [1.82, 2.24) is 0 Å². The van der Waals surface area contributed by atoms with Crippen molar-refractivity contribution in [3.8, 4) is 17.2 Å². The molecule has 0 aliphatic carbocycles. The van der Waals surface area contributed by atoms with Gasteiger partial charge in [0, 0.05) is 0 Å². The Bertz CT molecular complexity index is 511. The van der Waals surface area contributed by atoms with Gasteiger partial charge in [-0.05, 0) is 36.4 Å². The lowest BCUT2D eigenvalue weighted by Crippen LogP contribution is -1.95. The van der Waals surface area contributed by atoms with E-state index in [4.69, 9.17) is 15.2 Å². The van der Waals surface area contributed by atoms with Crippen LogP contribution < -0.4 is 15.2 Å². The number of halogens is 1. The number of nitrogen functional groups attached to an aromatic ring is 1. The molecule has 0 heterocycles. The van der Waals surface area contributed by atoms with Gasteiger partial charge in [-0.1, -0.05) is 6.07 Å². The summed E-state index contributed by atoms with van der Waals surface area (Å²) >= 11 is 0. The van der Waals surface area contributed by atoms with Crippen LogP contribution in [-0.4, -0.2) is 7.11 Å². The van der Waals surface area contributed by atoms with E-state index in [-0.39, 0.29) is 5.69 Å². The SMILES string of the molecule is COc1ccc(Oc2cccc(F)c2N)cc1. The first-order valence-electron chi connectivity index (χ1n) is 5.06. The molecule has 0 atom stereocenters. The summed E-state index contributed by atoms with van der Waals surface area (Å²) in [5, 5.41) is 0. The van der Waals surface area contributed by atoms with E-state index in [1.165, 1.54) is 6.07 Å². The van der Waals surface area contributed by atoms with Crippen LogP contribution in [0.2, 0.25) is 0 Å². The molecule has 2 N–H and O–H groups in total. The zero-order valence-corrected chi connectivity index (χ0v) is 9.31. The Morgan fingerprint density at radius 1 is 1.00 bits per heavy atom. The first-order chi connectivity index (χ1) is 8.20. The van der Waals surface area contributed by atoms with Crippen molar-refractivity contribution >= 4 is 5.69 Å². The van der Waals surface area contributed by atoms with Crippen LogP contribution in [0.3, 0.4) is 0 Å². The predicted molar refractivity (Wildman–Crippen MR) is 63.9 cm³/mol. The Hall–Kier alpha value is -2.23. The fourth-order valence-electron chi connectivity index (χ4n) is 1.38. The Morgan fingerprint density at radius 3 is 2.29 bits per heavy atom. The number of rotatable bonds is 3. The predicted octanol–water partition coefficient (Wildman–Crippen LogP) is 3.21. The van der Waals surface area contributed by atoms with Crippen LogP contribution >= 0.6 is 0 Å². The summed E-state index contributed by atoms with van der Waals surface area (Å²) in [4.78, 5) is 0. The van der Waals surface area contributed by atoms with Crippen molar-refractivity contribution in [2.45, 2.75) is 0 Å². The molecule has 0 aromatic heterocycles. The molecule has 0 bridgehead atoms. The second-order valence-corrected chi connectivity index (χ2v) is 3.43. The van der Waals surface area contributed by atoms with Crippen LogP contribution in [0.1, 0.15) is 0 Å². The van der Waals surface area contributed by atoms with Crippen molar-refractivity contribution in [2.75, 3.05) is 12.8 Å². The quantitative estimate of drug-likeness (QED) is 0.828. The fraction of sp³-hybridized carbons (Fsp3) is 0.0769. The van der Waals surface area contributed by atoms with Gasteiger partial charge in [0.15, 0.2) is 5.75 Å². The standard InChI is InChI=1S/C13H12FNO2/c1-16-9-5-7-10(8-6-9)17-12-4-2-3-11(14)13(12)15/h2-8H,15H2,1H3. The zero-order valence-electron chi connectivity index (χ0n) is 9.31. The van der Waals surface area contributed by atoms with Gasteiger partial charge in [-0.2, -0.15) is 0 Å². The molecule has 17 heavy (non-hydrogen) atoms. The van der Waals surface area contributed by atoms with E-state index in [0.717, 1.165) is 5.75 Å². The summed E-state index contributed by atoms with van der Waals surface area (Å²) < 4.78 is 23.7. The van der Waals surface area contributed by atoms with Crippen molar-refractivity contribution in [1.29, 1.82) is 0 Å². The Kier molecular flexibility index (Phi) is 3.14. The Labute approximate surface area is 98.6 Å². The zero-order chi connectivity index (χ0) is 12.3. The van der Waals surface area contributed by atoms with E-state index >= 15 is 0 Å². The van der Waals surface area contributed by atoms with Crippen LogP contribution in [0.5, 0.6) is 17.2 Å². The molecule has 2 rings (SSSR count). The second-order valence-electron chi connectivity index (χ2n) is 3.43. The van der Waals surface area contributed by atoms with Gasteiger partial charge in [0.2, 0.25) is 0 Å². The molecule has 0 unspecified atom stereocenters. The molecule has 0 radical (unpaired) electrons. The van der Waals surface area contributed by atoms with Crippen LogP contribution in [-0.2, 0) is 0 Å². The molecule has 4 heteroatoms. The molecule has 0 aliphatic rings. The molecule has 2 aromatic carbocycles. The summed E-state index contributed by atoms with van der Waals surface area (Å²) in [6.07, 6.45) is 0. The summed E-state index contributed by atoms with van der Waals surface area (Å²) in [7, 11) is 1.58. The van der Waals surface area contributed by atoms with Gasteiger partial charge in [-0.15, -0.1) is 0 Å². The van der Waals surface area contributed by atoms with Crippen LogP contribution in [0, 0.1) is 5.82 Å². The van der Waals surface area contributed by atoms with Crippen LogP contribution in [0.25, 0.3) is 0 Å². The highest BCUT2D eigenvalue weighted by Gasteiger charge is 2.06. The average Bonchev–Trinajstić information content (AvgIpc) is 2.36. The Morgan fingerprint density at radius 2 is 1.65 bits per heavy atom. The van der Waals surface area contributed by atoms with E-state index < -0.39 is 5.82 Å². The molecule has 0 amide bonds. The lowest BCUT2D eigenvalue weighted by atomic mass is 10.3. The molecule has 3 nitrogen and oxygen atoms in total. The fourth-order valence-corrected chi connectivity index (χ4v) is 1.38. The van der Waals surface area contributed by atoms with E-state index in [1.54, 1.807) is 43.5 Å². The third-order valence-corrected chi connectivity index (χ3v) is 2.30. The lowest BCUT2D eigenvalue weighted by Gasteiger charge is -2.09. The van der Waals surface area contributed by atoms with Gasteiger partial charge < -0.3 is 15.2 Å². The Balaban J connectivity index is 2.22. The van der Waals surface area contributed by atoms with E-state index in [9.17, 15) is 4.39 Å². The summed E-state index contributed by atoms with van der Waals surface area (Å²) in [6.45, 7) is 0. The van der Waals surface area contributed by atoms with Gasteiger partial charge in [0.05, 0.1) is 7.11 Å². The first-order valence-corrected chi connectivity index (χ1v) is 5.06. The van der Waals surface area contributed by atoms with E-state index in [1.807, 2.05) is 0 Å². The third kappa shape index (κ3) is 2.47. The molecule has 88 valence electrons. The molecular weight excluding hydrogens is 221 g/mol. The van der Waals surface area contributed by atoms with Crippen molar-refractivity contribution in [3.05, 3.63) is 48.3 Å². The number of hydrogen-bond donors (Lipinski definition) is 1. The minimum Gasteiger partial charge on any atom is -0.497 e. The first kappa shape index (κ1) is 11.3. The molecule has 0 saturated heterocycles. The smallest absolute Gasteiger partial charge is 0.153 e. The van der Waals surface area contributed by atoms with Gasteiger partial charge in [-0.25, -0.2) is 4.39 Å². The van der Waals surface area contributed by atoms with Gasteiger partial charge in [0.25, 0.3) is 0 Å². The summed E-state index contributed by atoms with van der Waals surface area (Å²) in [6, 6.07) is 11.4. The molecule has 0 spiro atoms. The number of anilines is 1. The molecular formula is C13H12FNO2. The largest absolute Gasteiger partial charge is 0.497 e. The minimum atomic E-state index is -0.490. The summed E-state index contributed by atoms with van der Waals surface area (Å²) in [5.74, 6) is 1.11. The van der Waals surface area contributed by atoms with E-state index in [2.05, 4.69) is 0 Å². The lowest BCUT2D eigenvalue weighted by molar-refractivity contribution is 0.413. The van der Waals surface area contributed by atoms with E-state index in [0.29, 0.717) is 11.5 Å². The molecule has 0 saturated carbocycles. The van der Waals surface area contributed by atoms with Gasteiger partial charge in [0.1, 0.15) is 23.0 Å². The van der Waals surface area contributed by atoms with Crippen LogP contribution in [0.15, 0.2) is 42.5 Å². The molecule has 0 fully saturated rings. The molecule has 2 aromatic rings. The van der Waals surface area contributed by atoms with Crippen LogP contribution in [0.4, 0.5) is 10.1 Å². The van der Waals surface area contributed by atoms with Gasteiger partial charge in [-0.3, -0.25) is 0 Å². The number of benzene rings is 2. The average molecular weight is 233 g/mol. The minimum absolute atomic E-state index is 0.00307. The highest BCUT2D eigenvalue weighted by molar-refractivity contribution is 5.54. The normalized spacial score (nSPS) is 10.0. The summed E-state index contributed by atoms with van der Waals surface area (Å²) in [5.41, 5.74) is 5.56. The highest BCUT2D eigenvalue weighted by Crippen LogP contribution is 2.29. The number of nitrogens with two attached hydrogens (primary N) is 1. The number of para-hydroxylation sites is 1. The van der Waals surface area contributed by atoms with Crippen molar-refractivity contribution < 1.29 is 13.9 Å². The number of methoxy groups -OCH3 is 1. The maximum Gasteiger partial charge on any atom is 0.153 e. The van der Waals surface area contributed by atoms with Crippen molar-refractivity contribution in [2.24, 2.45) is 0 Å². The molecule has 0 aliphatic heterocycles. The maximum absolute atomic E-state index is 13.2. The third-order valence-electron chi connectivity index (χ3n) is 2.30. The van der Waals surface area contributed by atoms with Crippen molar-refractivity contribution in [3.63, 3.8) is 0 Å². The number of hydrogen-bond acceptors (Lipinski definition) is 3. The van der Waals surface area contributed by atoms with Gasteiger partial charge >= 0.3 is 0 Å². The monoisotopic (exact) mass is 233 g/mol. The second kappa shape index (κ2) is 4.74. The maximum atomic E-state index is 13.2. The topological polar surface area (TPSA) is 44.5 Å². The highest BCUT2D eigenvalue weighted by atomic mass is 19.1.